The highest BCUT2D eigenvalue weighted by atomic mass is 16.6. The smallest absolute Gasteiger partial charge is 0.346 e. The summed E-state index contributed by atoms with van der Waals surface area (Å²) in [5.74, 6) is -0.655. The Morgan fingerprint density at radius 3 is 2.31 bits per heavy atom. The van der Waals surface area contributed by atoms with Crippen LogP contribution in [-0.2, 0) is 19.1 Å². The molecule has 4 heteroatoms. The topological polar surface area (TPSA) is 52.6 Å². The molecule has 1 aliphatic carbocycles. The molecule has 0 saturated heterocycles. The third-order valence-corrected chi connectivity index (χ3v) is 5.64. The number of allylic oxidation sites excluding steroid dienone is 3. The summed E-state index contributed by atoms with van der Waals surface area (Å²) in [6.07, 6.45) is 15.6. The van der Waals surface area contributed by atoms with E-state index in [1.165, 1.54) is 18.4 Å². The molecule has 1 saturated carbocycles. The largest absolute Gasteiger partial charge is 0.391 e. The molecule has 0 aromatic carbocycles. The average molecular weight is 407 g/mol. The number of ether oxygens (including phenoxy) is 2. The van der Waals surface area contributed by atoms with Crippen molar-refractivity contribution >= 4 is 11.9 Å². The maximum atomic E-state index is 12.5. The van der Waals surface area contributed by atoms with Gasteiger partial charge in [0.2, 0.25) is 0 Å². The minimum atomic E-state index is -0.783. The van der Waals surface area contributed by atoms with Gasteiger partial charge in [-0.2, -0.15) is 0 Å². The monoisotopic (exact) mass is 406 g/mol. The molecular weight excluding hydrogens is 364 g/mol. The number of carbonyl (C=O) groups is 2. The number of rotatable bonds is 12. The first kappa shape index (κ1) is 25.6. The Bertz CT molecular complexity index is 539. The Morgan fingerprint density at radius 2 is 1.69 bits per heavy atom. The van der Waals surface area contributed by atoms with Gasteiger partial charge in [-0.05, 0) is 64.9 Å². The van der Waals surface area contributed by atoms with Gasteiger partial charge in [0.1, 0.15) is 0 Å². The summed E-state index contributed by atoms with van der Waals surface area (Å²) in [5, 5.41) is 0. The van der Waals surface area contributed by atoms with Crippen molar-refractivity contribution in [1.29, 1.82) is 0 Å². The van der Waals surface area contributed by atoms with Crippen molar-refractivity contribution in [1.82, 2.24) is 0 Å². The number of hydrogen-bond donors (Lipinski definition) is 0. The summed E-state index contributed by atoms with van der Waals surface area (Å²) < 4.78 is 11.1. The first-order valence-electron chi connectivity index (χ1n) is 11.5. The highest BCUT2D eigenvalue weighted by molar-refractivity contribution is 5.89. The van der Waals surface area contributed by atoms with Crippen molar-refractivity contribution < 1.29 is 19.1 Å². The van der Waals surface area contributed by atoms with Crippen LogP contribution in [0, 0.1) is 11.8 Å². The van der Waals surface area contributed by atoms with E-state index >= 15 is 0 Å². The second-order valence-electron chi connectivity index (χ2n) is 8.88. The van der Waals surface area contributed by atoms with Gasteiger partial charge in [-0.25, -0.2) is 4.79 Å². The average Bonchev–Trinajstić information content (AvgIpc) is 2.68. The van der Waals surface area contributed by atoms with Crippen molar-refractivity contribution in [3.8, 4) is 0 Å². The molecule has 1 fully saturated rings. The van der Waals surface area contributed by atoms with E-state index in [4.69, 9.17) is 9.47 Å². The first-order chi connectivity index (χ1) is 13.8. The summed E-state index contributed by atoms with van der Waals surface area (Å²) in [6, 6.07) is 0. The van der Waals surface area contributed by atoms with Gasteiger partial charge in [0.15, 0.2) is 6.10 Å². The van der Waals surface area contributed by atoms with Gasteiger partial charge in [0.25, 0.3) is 0 Å². The molecule has 0 bridgehead atoms. The number of carbonyl (C=O) groups excluding carboxylic acids is 2. The lowest BCUT2D eigenvalue weighted by Crippen LogP contribution is -2.33. The molecule has 1 rings (SSSR count). The van der Waals surface area contributed by atoms with Crippen molar-refractivity contribution in [2.24, 2.45) is 11.8 Å². The van der Waals surface area contributed by atoms with Crippen molar-refractivity contribution in [2.45, 2.75) is 111 Å². The molecule has 0 amide bonds. The van der Waals surface area contributed by atoms with Gasteiger partial charge in [-0.3, -0.25) is 4.79 Å². The van der Waals surface area contributed by atoms with E-state index in [0.717, 1.165) is 51.4 Å². The van der Waals surface area contributed by atoms with Crippen molar-refractivity contribution in [2.75, 3.05) is 0 Å². The van der Waals surface area contributed by atoms with Crippen LogP contribution in [-0.4, -0.2) is 24.1 Å². The van der Waals surface area contributed by atoms with E-state index in [1.54, 1.807) is 12.2 Å². The molecule has 0 radical (unpaired) electrons. The Morgan fingerprint density at radius 1 is 1.00 bits per heavy atom. The van der Waals surface area contributed by atoms with Gasteiger partial charge < -0.3 is 9.47 Å². The van der Waals surface area contributed by atoms with Gasteiger partial charge in [-0.15, -0.1) is 0 Å². The van der Waals surface area contributed by atoms with Crippen LogP contribution < -0.4 is 0 Å². The molecule has 3 unspecified atom stereocenters. The Labute approximate surface area is 178 Å². The van der Waals surface area contributed by atoms with E-state index in [9.17, 15) is 9.59 Å². The van der Waals surface area contributed by atoms with Crippen molar-refractivity contribution in [3.05, 3.63) is 23.8 Å². The zero-order chi connectivity index (χ0) is 21.6. The second-order valence-corrected chi connectivity index (χ2v) is 8.88. The predicted molar refractivity (Wildman–Crippen MR) is 119 cm³/mol. The standard InChI is InChI=1S/C25H42O4/c1-6-12-23(28-22-17-8-7-9-18-22)25(27)29-24(26)21(5)16-11-15-20(4)14-10-13-19(2)3/h6,12-13,20-23H,7-11,14-18H2,1-5H3. The lowest BCUT2D eigenvalue weighted by atomic mass is 9.95. The lowest BCUT2D eigenvalue weighted by molar-refractivity contribution is -0.171. The van der Waals surface area contributed by atoms with E-state index in [1.807, 2.05) is 13.8 Å². The number of esters is 2. The minimum absolute atomic E-state index is 0.0813. The number of hydrogen-bond acceptors (Lipinski definition) is 4. The summed E-state index contributed by atoms with van der Waals surface area (Å²) in [4.78, 5) is 24.8. The first-order valence-corrected chi connectivity index (χ1v) is 11.5. The van der Waals surface area contributed by atoms with Gasteiger partial charge in [-0.1, -0.05) is 63.7 Å². The third kappa shape index (κ3) is 11.4. The van der Waals surface area contributed by atoms with Gasteiger partial charge in [0.05, 0.1) is 12.0 Å². The van der Waals surface area contributed by atoms with Crippen LogP contribution in [0.1, 0.15) is 98.8 Å². The Balaban J connectivity index is 2.36. The Hall–Kier alpha value is -1.42. The molecule has 0 aromatic heterocycles. The quantitative estimate of drug-likeness (QED) is 0.210. The fourth-order valence-corrected chi connectivity index (χ4v) is 3.71. The molecule has 0 aromatic rings. The summed E-state index contributed by atoms with van der Waals surface area (Å²) in [6.45, 7) is 10.2. The second kappa shape index (κ2) is 14.5. The molecule has 0 N–H and O–H groups in total. The van der Waals surface area contributed by atoms with Crippen LogP contribution in [0.3, 0.4) is 0 Å². The van der Waals surface area contributed by atoms with E-state index in [-0.39, 0.29) is 12.0 Å². The minimum Gasteiger partial charge on any atom is -0.391 e. The summed E-state index contributed by atoms with van der Waals surface area (Å²) in [5.41, 5.74) is 1.36. The molecule has 29 heavy (non-hydrogen) atoms. The fraction of sp³-hybridized carbons (Fsp3) is 0.760. The van der Waals surface area contributed by atoms with Crippen LogP contribution in [0.5, 0.6) is 0 Å². The molecule has 166 valence electrons. The van der Waals surface area contributed by atoms with Crippen molar-refractivity contribution in [3.63, 3.8) is 0 Å². The SMILES string of the molecule is CC=CC(OC1CCCCC1)C(=O)OC(=O)C(C)CCCC(C)CCC=C(C)C. The normalized spacial score (nSPS) is 18.2. The highest BCUT2D eigenvalue weighted by Crippen LogP contribution is 2.23. The molecule has 0 spiro atoms. The third-order valence-electron chi connectivity index (χ3n) is 5.64. The molecule has 0 heterocycles. The van der Waals surface area contributed by atoms with E-state index in [0.29, 0.717) is 5.92 Å². The molecule has 0 aliphatic heterocycles. The lowest BCUT2D eigenvalue weighted by Gasteiger charge is -2.25. The maximum Gasteiger partial charge on any atom is 0.346 e. The zero-order valence-electron chi connectivity index (χ0n) is 19.2. The van der Waals surface area contributed by atoms with E-state index < -0.39 is 18.0 Å². The summed E-state index contributed by atoms with van der Waals surface area (Å²) >= 11 is 0. The maximum absolute atomic E-state index is 12.5. The van der Waals surface area contributed by atoms with Crippen LogP contribution >= 0.6 is 0 Å². The fourth-order valence-electron chi connectivity index (χ4n) is 3.71. The van der Waals surface area contributed by atoms with Gasteiger partial charge in [0, 0.05) is 0 Å². The van der Waals surface area contributed by atoms with E-state index in [2.05, 4.69) is 26.8 Å². The molecule has 3 atom stereocenters. The molecular formula is C25H42O4. The molecule has 1 aliphatic rings. The zero-order valence-corrected chi connectivity index (χ0v) is 19.2. The van der Waals surface area contributed by atoms with Gasteiger partial charge >= 0.3 is 11.9 Å². The van der Waals surface area contributed by atoms with Crippen LogP contribution in [0.25, 0.3) is 0 Å². The van der Waals surface area contributed by atoms with Crippen LogP contribution in [0.4, 0.5) is 0 Å². The molecule has 4 nitrogen and oxygen atoms in total. The summed E-state index contributed by atoms with van der Waals surface area (Å²) in [7, 11) is 0. The predicted octanol–water partition coefficient (Wildman–Crippen LogP) is 6.54. The van der Waals surface area contributed by atoms with Crippen LogP contribution in [0.15, 0.2) is 23.8 Å². The van der Waals surface area contributed by atoms with Crippen LogP contribution in [0.2, 0.25) is 0 Å². The highest BCUT2D eigenvalue weighted by Gasteiger charge is 2.27. The Kier molecular flexibility index (Phi) is 12.8.